The number of hydrogen-bond donors (Lipinski definition) is 2. The fourth-order valence-corrected chi connectivity index (χ4v) is 9.63. The summed E-state index contributed by atoms with van der Waals surface area (Å²) in [5, 5.41) is 6.23. The Kier molecular flexibility index (Phi) is 11.5. The second kappa shape index (κ2) is 16.3. The van der Waals surface area contributed by atoms with E-state index >= 15 is 0 Å². The molecule has 0 spiro atoms. The molecule has 3 aliphatic carbocycles. The summed E-state index contributed by atoms with van der Waals surface area (Å²) in [6.07, 6.45) is 3.82. The first-order valence-corrected chi connectivity index (χ1v) is 19.6. The molecule has 5 aliphatic rings. The number of alkyl carbamates (subject to hydrolysis) is 1. The Morgan fingerprint density at radius 2 is 1.56 bits per heavy atom. The zero-order valence-corrected chi connectivity index (χ0v) is 31.9. The highest BCUT2D eigenvalue weighted by atomic mass is 16.7. The lowest BCUT2D eigenvalue weighted by molar-refractivity contribution is -0.199. The first-order chi connectivity index (χ1) is 26.1. The van der Waals surface area contributed by atoms with Gasteiger partial charge < -0.3 is 34.3 Å². The molecule has 3 aromatic rings. The number of benzene rings is 3. The lowest BCUT2D eigenvalue weighted by atomic mass is 9.43. The molecule has 3 saturated carbocycles. The van der Waals surface area contributed by atoms with Crippen LogP contribution in [-0.2, 0) is 35.0 Å². The molecule has 3 unspecified atom stereocenters. The van der Waals surface area contributed by atoms with E-state index in [0.29, 0.717) is 50.7 Å². The Hall–Kier alpha value is -4.19. The highest BCUT2D eigenvalue weighted by Gasteiger charge is 2.68. The number of ether oxygens (including phenoxy) is 2. The van der Waals surface area contributed by atoms with E-state index in [4.69, 9.17) is 18.8 Å². The minimum atomic E-state index is -1.05. The van der Waals surface area contributed by atoms with Crippen molar-refractivity contribution >= 4 is 25.0 Å². The van der Waals surface area contributed by atoms with Crippen LogP contribution in [0.5, 0.6) is 0 Å². The summed E-state index contributed by atoms with van der Waals surface area (Å²) in [6.45, 7) is 7.82. The van der Waals surface area contributed by atoms with Gasteiger partial charge in [-0.15, -0.1) is 0 Å². The minimum Gasteiger partial charge on any atom is -0.445 e. The molecule has 286 valence electrons. The number of rotatable bonds is 14. The van der Waals surface area contributed by atoms with Crippen molar-refractivity contribution in [1.29, 1.82) is 0 Å². The van der Waals surface area contributed by atoms with E-state index in [0.717, 1.165) is 29.5 Å². The number of nitrogens with zero attached hydrogens (tertiary/aromatic N) is 1. The number of methoxy groups -OCH3 is 1. The van der Waals surface area contributed by atoms with Gasteiger partial charge in [-0.2, -0.15) is 0 Å². The topological polar surface area (TPSA) is 115 Å². The Morgan fingerprint density at radius 1 is 0.907 bits per heavy atom. The molecule has 2 heterocycles. The molecule has 7 atom stereocenters. The van der Waals surface area contributed by atoms with Gasteiger partial charge in [0.2, 0.25) is 11.8 Å². The van der Waals surface area contributed by atoms with E-state index in [-0.39, 0.29) is 29.9 Å². The smallest absolute Gasteiger partial charge is 0.445 e. The fraction of sp³-hybridized carbons (Fsp3) is 0.512. The molecule has 2 aliphatic heterocycles. The van der Waals surface area contributed by atoms with Crippen LogP contribution in [0.15, 0.2) is 91.0 Å². The summed E-state index contributed by atoms with van der Waals surface area (Å²) < 4.78 is 24.5. The van der Waals surface area contributed by atoms with Crippen LogP contribution in [-0.4, -0.2) is 79.9 Å². The minimum absolute atomic E-state index is 0.0213. The van der Waals surface area contributed by atoms with Crippen molar-refractivity contribution in [2.24, 2.45) is 17.3 Å². The summed E-state index contributed by atoms with van der Waals surface area (Å²) >= 11 is 0. The van der Waals surface area contributed by atoms with Crippen LogP contribution in [0, 0.1) is 17.3 Å². The maximum absolute atomic E-state index is 14.9. The molecule has 0 radical (unpaired) electrons. The SMILES string of the molecule is COCCCC(NC(=O)[C@@H]1CCCN1C(=O)[C@@H](NC(=O)OCc1ccccc1)C(c1ccccc1)c1ccccc1)B1O[C@@H]2CC3CC(C3(C)C)[C@]2(C)O1. The van der Waals surface area contributed by atoms with Gasteiger partial charge in [-0.3, -0.25) is 9.59 Å². The molecule has 3 amide bonds. The highest BCUT2D eigenvalue weighted by Crippen LogP contribution is 2.65. The van der Waals surface area contributed by atoms with E-state index in [1.807, 2.05) is 91.0 Å². The molecule has 3 aromatic carbocycles. The Bertz CT molecular complexity index is 1710. The molecule has 5 fully saturated rings. The number of amides is 3. The van der Waals surface area contributed by atoms with Crippen molar-refractivity contribution in [3.63, 3.8) is 0 Å². The summed E-state index contributed by atoms with van der Waals surface area (Å²) in [6, 6.07) is 27.0. The lowest BCUT2D eigenvalue weighted by Crippen LogP contribution is -2.65. The summed E-state index contributed by atoms with van der Waals surface area (Å²) in [5.41, 5.74) is 2.32. The average Bonchev–Trinajstić information content (AvgIpc) is 3.82. The standard InChI is InChI=1S/C43H54BN3O7/c1-42(2)32-26-34(42)43(3)35(27-32)53-44(54-43)36(23-15-25-51-4)45-39(48)33-22-14-24-47(33)40(49)38(46-41(50)52-28-29-16-8-5-9-17-29)37(30-18-10-6-11-19-30)31-20-12-7-13-21-31/h5-13,16-21,32-38H,14-15,22-28H2,1-4H3,(H,45,48)(H,46,50)/t32?,33-,34?,35+,36?,38-,43-/m0/s1. The quantitative estimate of drug-likeness (QED) is 0.148. The predicted molar refractivity (Wildman–Crippen MR) is 206 cm³/mol. The van der Waals surface area contributed by atoms with Crippen LogP contribution in [0.2, 0.25) is 0 Å². The first-order valence-electron chi connectivity index (χ1n) is 19.6. The number of likely N-dealkylation sites (tertiary alicyclic amines) is 1. The molecule has 2 saturated heterocycles. The maximum atomic E-state index is 14.9. The molecular formula is C43H54BN3O7. The summed E-state index contributed by atoms with van der Waals surface area (Å²) in [7, 11) is 1.07. The van der Waals surface area contributed by atoms with Gasteiger partial charge in [0, 0.05) is 26.2 Å². The molecule has 0 aromatic heterocycles. The van der Waals surface area contributed by atoms with Gasteiger partial charge in [0.05, 0.1) is 17.6 Å². The second-order valence-electron chi connectivity index (χ2n) is 16.3. The third-order valence-electron chi connectivity index (χ3n) is 12.7. The lowest BCUT2D eigenvalue weighted by Gasteiger charge is -2.64. The predicted octanol–water partition coefficient (Wildman–Crippen LogP) is 6.28. The Balaban J connectivity index is 1.12. The average molecular weight is 736 g/mol. The summed E-state index contributed by atoms with van der Waals surface area (Å²) in [4.78, 5) is 44.5. The van der Waals surface area contributed by atoms with Crippen LogP contribution in [0.4, 0.5) is 4.79 Å². The van der Waals surface area contributed by atoms with Crippen molar-refractivity contribution in [1.82, 2.24) is 15.5 Å². The Labute approximate surface area is 319 Å². The van der Waals surface area contributed by atoms with Gasteiger partial charge in [-0.05, 0) is 79.4 Å². The summed E-state index contributed by atoms with van der Waals surface area (Å²) in [5.74, 6) is -0.557. The number of carbonyl (C=O) groups is 3. The zero-order valence-electron chi connectivity index (χ0n) is 31.9. The monoisotopic (exact) mass is 735 g/mol. The van der Waals surface area contributed by atoms with Crippen molar-refractivity contribution in [2.75, 3.05) is 20.3 Å². The van der Waals surface area contributed by atoms with E-state index in [1.165, 1.54) is 0 Å². The third kappa shape index (κ3) is 7.68. The zero-order chi connectivity index (χ0) is 37.9. The number of carbonyl (C=O) groups excluding carboxylic acids is 3. The van der Waals surface area contributed by atoms with Gasteiger partial charge in [-0.25, -0.2) is 4.79 Å². The van der Waals surface area contributed by atoms with E-state index in [2.05, 4.69) is 31.4 Å². The van der Waals surface area contributed by atoms with Crippen LogP contribution in [0.1, 0.15) is 81.9 Å². The van der Waals surface area contributed by atoms with E-state index in [9.17, 15) is 14.4 Å². The third-order valence-corrected chi connectivity index (χ3v) is 12.7. The van der Waals surface area contributed by atoms with Crippen molar-refractivity contribution in [2.45, 2.75) is 102 Å². The van der Waals surface area contributed by atoms with Crippen LogP contribution in [0.3, 0.4) is 0 Å². The molecule has 2 N–H and O–H groups in total. The van der Waals surface area contributed by atoms with Crippen molar-refractivity contribution in [3.05, 3.63) is 108 Å². The number of hydrogen-bond acceptors (Lipinski definition) is 7. The Morgan fingerprint density at radius 3 is 2.19 bits per heavy atom. The van der Waals surface area contributed by atoms with Gasteiger partial charge in [0.15, 0.2) is 0 Å². The normalized spacial score (nSPS) is 26.4. The van der Waals surface area contributed by atoms with Crippen molar-refractivity contribution in [3.8, 4) is 0 Å². The molecule has 8 rings (SSSR count). The fourth-order valence-electron chi connectivity index (χ4n) is 9.63. The van der Waals surface area contributed by atoms with Crippen LogP contribution in [0.25, 0.3) is 0 Å². The molecular weight excluding hydrogens is 681 g/mol. The van der Waals surface area contributed by atoms with Gasteiger partial charge >= 0.3 is 13.2 Å². The van der Waals surface area contributed by atoms with Gasteiger partial charge in [0.1, 0.15) is 18.7 Å². The van der Waals surface area contributed by atoms with E-state index < -0.39 is 42.8 Å². The second-order valence-corrected chi connectivity index (χ2v) is 16.3. The largest absolute Gasteiger partial charge is 0.481 e. The molecule has 54 heavy (non-hydrogen) atoms. The first kappa shape index (κ1) is 38.1. The van der Waals surface area contributed by atoms with Gasteiger partial charge in [0.25, 0.3) is 0 Å². The maximum Gasteiger partial charge on any atom is 0.481 e. The molecule has 10 nitrogen and oxygen atoms in total. The van der Waals surface area contributed by atoms with E-state index in [1.54, 1.807) is 12.0 Å². The highest BCUT2D eigenvalue weighted by molar-refractivity contribution is 6.48. The van der Waals surface area contributed by atoms with Crippen LogP contribution < -0.4 is 10.6 Å². The van der Waals surface area contributed by atoms with Crippen LogP contribution >= 0.6 is 0 Å². The molecule has 11 heteroatoms. The van der Waals surface area contributed by atoms with Gasteiger partial charge in [-0.1, -0.05) is 105 Å². The number of nitrogens with one attached hydrogen (secondary N) is 2. The molecule has 2 bridgehead atoms. The van der Waals surface area contributed by atoms with Crippen molar-refractivity contribution < 1.29 is 33.2 Å².